The van der Waals surface area contributed by atoms with Crippen molar-refractivity contribution >= 4 is 11.6 Å². The van der Waals surface area contributed by atoms with Gasteiger partial charge < -0.3 is 10.2 Å². The molecule has 0 fully saturated rings. The highest BCUT2D eigenvalue weighted by Crippen LogP contribution is 2.24. The summed E-state index contributed by atoms with van der Waals surface area (Å²) in [6, 6.07) is 11.0. The van der Waals surface area contributed by atoms with E-state index in [0.29, 0.717) is 5.56 Å². The van der Waals surface area contributed by atoms with E-state index in [1.54, 1.807) is 12.1 Å². The monoisotopic (exact) mass is 312 g/mol. The van der Waals surface area contributed by atoms with E-state index in [1.165, 1.54) is 17.7 Å². The summed E-state index contributed by atoms with van der Waals surface area (Å²) in [7, 11) is 0. The van der Waals surface area contributed by atoms with Gasteiger partial charge in [0.1, 0.15) is 11.5 Å². The number of carbonyl (C=O) groups is 2. The summed E-state index contributed by atoms with van der Waals surface area (Å²) >= 11 is 0. The molecule has 0 atom stereocenters. The average Bonchev–Trinajstić information content (AvgIpc) is 2.53. The number of rotatable bonds is 7. The maximum atomic E-state index is 12.2. The summed E-state index contributed by atoms with van der Waals surface area (Å²) in [5, 5.41) is 18.9. The minimum absolute atomic E-state index is 0.0377. The number of hydrogen-bond donors (Lipinski definition) is 2. The molecule has 0 aliphatic carbocycles. The molecule has 4 heteroatoms. The Balaban J connectivity index is 2.04. The molecule has 4 nitrogen and oxygen atoms in total. The van der Waals surface area contributed by atoms with Gasteiger partial charge in [0.2, 0.25) is 0 Å². The Morgan fingerprint density at radius 3 is 2.26 bits per heavy atom. The third kappa shape index (κ3) is 4.42. The second-order valence-electron chi connectivity index (χ2n) is 5.53. The fourth-order valence-electron chi connectivity index (χ4n) is 2.34. The van der Waals surface area contributed by atoms with E-state index in [-0.39, 0.29) is 29.3 Å². The Morgan fingerprint density at radius 1 is 0.957 bits per heavy atom. The molecule has 2 aromatic carbocycles. The number of carbonyl (C=O) groups excluding carboxylic acids is 2. The van der Waals surface area contributed by atoms with E-state index in [2.05, 4.69) is 6.92 Å². The van der Waals surface area contributed by atoms with E-state index >= 15 is 0 Å². The van der Waals surface area contributed by atoms with Crippen molar-refractivity contribution in [3.63, 3.8) is 0 Å². The first-order chi connectivity index (χ1) is 11.0. The summed E-state index contributed by atoms with van der Waals surface area (Å²) < 4.78 is 0. The van der Waals surface area contributed by atoms with E-state index < -0.39 is 5.78 Å². The van der Waals surface area contributed by atoms with Crippen molar-refractivity contribution in [3.05, 3.63) is 59.2 Å². The molecular weight excluding hydrogens is 292 g/mol. The zero-order valence-electron chi connectivity index (χ0n) is 13.1. The minimum atomic E-state index is -0.470. The summed E-state index contributed by atoms with van der Waals surface area (Å²) in [5.74, 6) is -1.21. The van der Waals surface area contributed by atoms with Crippen LogP contribution in [0.15, 0.2) is 42.5 Å². The molecule has 0 saturated carbocycles. The molecule has 0 aliphatic rings. The lowest BCUT2D eigenvalue weighted by Gasteiger charge is -2.05. The van der Waals surface area contributed by atoms with Crippen LogP contribution in [0.5, 0.6) is 11.5 Å². The molecule has 2 rings (SSSR count). The van der Waals surface area contributed by atoms with Crippen LogP contribution in [0.4, 0.5) is 0 Å². The molecular formula is C19H20O4. The molecule has 0 aliphatic heterocycles. The third-order valence-electron chi connectivity index (χ3n) is 3.70. The molecule has 0 heterocycles. The molecule has 2 aromatic rings. The Labute approximate surface area is 135 Å². The quantitative estimate of drug-likeness (QED) is 0.600. The van der Waals surface area contributed by atoms with Crippen molar-refractivity contribution in [1.82, 2.24) is 0 Å². The Morgan fingerprint density at radius 2 is 1.65 bits per heavy atom. The van der Waals surface area contributed by atoms with Gasteiger partial charge in [0.05, 0.1) is 12.0 Å². The third-order valence-corrected chi connectivity index (χ3v) is 3.70. The Bertz CT molecular complexity index is 702. The van der Waals surface area contributed by atoms with Crippen LogP contribution < -0.4 is 0 Å². The summed E-state index contributed by atoms with van der Waals surface area (Å²) in [4.78, 5) is 24.3. The maximum Gasteiger partial charge on any atom is 0.174 e. The van der Waals surface area contributed by atoms with Crippen molar-refractivity contribution in [2.24, 2.45) is 0 Å². The maximum absolute atomic E-state index is 12.2. The largest absolute Gasteiger partial charge is 0.508 e. The van der Waals surface area contributed by atoms with E-state index in [1.807, 2.05) is 12.1 Å². The smallest absolute Gasteiger partial charge is 0.174 e. The fourth-order valence-corrected chi connectivity index (χ4v) is 2.34. The van der Waals surface area contributed by atoms with Gasteiger partial charge in [-0.05, 0) is 30.5 Å². The molecule has 0 saturated heterocycles. The van der Waals surface area contributed by atoms with Crippen LogP contribution in [0.2, 0.25) is 0 Å². The molecule has 120 valence electrons. The van der Waals surface area contributed by atoms with Crippen molar-refractivity contribution in [1.29, 1.82) is 0 Å². The van der Waals surface area contributed by atoms with Crippen LogP contribution in [-0.2, 0) is 6.42 Å². The van der Waals surface area contributed by atoms with Crippen molar-refractivity contribution < 1.29 is 19.8 Å². The van der Waals surface area contributed by atoms with Crippen LogP contribution >= 0.6 is 0 Å². The number of benzene rings is 2. The van der Waals surface area contributed by atoms with Gasteiger partial charge in [-0.3, -0.25) is 9.59 Å². The van der Waals surface area contributed by atoms with Crippen molar-refractivity contribution in [2.75, 3.05) is 0 Å². The first-order valence-corrected chi connectivity index (χ1v) is 7.68. The summed E-state index contributed by atoms with van der Waals surface area (Å²) in [6.45, 7) is 2.13. The standard InChI is InChI=1S/C19H20O4/c1-2-3-4-13-5-7-14(8-6-13)17(21)12-19(23)16-10-9-15(20)11-18(16)22/h5-11,20,22H,2-4,12H2,1H3. The number of Topliss-reactive ketones (excluding diaryl/α,β-unsaturated/α-hetero) is 2. The molecule has 0 unspecified atom stereocenters. The lowest BCUT2D eigenvalue weighted by molar-refractivity contribution is 0.0893. The number of hydrogen-bond acceptors (Lipinski definition) is 4. The highest BCUT2D eigenvalue weighted by molar-refractivity contribution is 6.14. The van der Waals surface area contributed by atoms with Gasteiger partial charge in [-0.2, -0.15) is 0 Å². The number of unbranched alkanes of at least 4 members (excludes halogenated alkanes) is 1. The van der Waals surface area contributed by atoms with Gasteiger partial charge in [0.25, 0.3) is 0 Å². The van der Waals surface area contributed by atoms with Gasteiger partial charge in [-0.25, -0.2) is 0 Å². The van der Waals surface area contributed by atoms with Crippen LogP contribution in [-0.4, -0.2) is 21.8 Å². The molecule has 0 aromatic heterocycles. The molecule has 0 amide bonds. The van der Waals surface area contributed by atoms with E-state index in [9.17, 15) is 19.8 Å². The number of aromatic hydroxyl groups is 2. The molecule has 23 heavy (non-hydrogen) atoms. The van der Waals surface area contributed by atoms with Crippen LogP contribution in [0, 0.1) is 0 Å². The topological polar surface area (TPSA) is 74.6 Å². The normalized spacial score (nSPS) is 10.5. The number of ketones is 2. The first-order valence-electron chi connectivity index (χ1n) is 7.68. The van der Waals surface area contributed by atoms with Crippen LogP contribution in [0.1, 0.15) is 52.5 Å². The molecule has 0 radical (unpaired) electrons. The number of phenols is 2. The van der Waals surface area contributed by atoms with Gasteiger partial charge >= 0.3 is 0 Å². The van der Waals surface area contributed by atoms with Gasteiger partial charge in [0, 0.05) is 11.6 Å². The van der Waals surface area contributed by atoms with Crippen molar-refractivity contribution in [2.45, 2.75) is 32.6 Å². The minimum Gasteiger partial charge on any atom is -0.508 e. The lowest BCUT2D eigenvalue weighted by atomic mass is 9.99. The highest BCUT2D eigenvalue weighted by atomic mass is 16.3. The lowest BCUT2D eigenvalue weighted by Crippen LogP contribution is -2.09. The molecule has 0 spiro atoms. The average molecular weight is 312 g/mol. The van der Waals surface area contributed by atoms with Gasteiger partial charge in [0.15, 0.2) is 11.6 Å². The predicted octanol–water partition coefficient (Wildman–Crippen LogP) is 3.90. The zero-order valence-corrected chi connectivity index (χ0v) is 13.1. The van der Waals surface area contributed by atoms with Gasteiger partial charge in [-0.15, -0.1) is 0 Å². The zero-order chi connectivity index (χ0) is 16.8. The first kappa shape index (κ1) is 16.7. The Kier molecular flexibility index (Phi) is 5.52. The van der Waals surface area contributed by atoms with E-state index in [4.69, 9.17) is 0 Å². The highest BCUT2D eigenvalue weighted by Gasteiger charge is 2.17. The second-order valence-corrected chi connectivity index (χ2v) is 5.53. The number of aryl methyl sites for hydroxylation is 1. The van der Waals surface area contributed by atoms with Crippen LogP contribution in [0.25, 0.3) is 0 Å². The van der Waals surface area contributed by atoms with E-state index in [0.717, 1.165) is 25.3 Å². The number of phenolic OH excluding ortho intramolecular Hbond substituents is 2. The second kappa shape index (κ2) is 7.58. The SMILES string of the molecule is CCCCc1ccc(C(=O)CC(=O)c2ccc(O)cc2O)cc1. The molecule has 0 bridgehead atoms. The van der Waals surface area contributed by atoms with Crippen molar-refractivity contribution in [3.8, 4) is 11.5 Å². The van der Waals surface area contributed by atoms with Gasteiger partial charge in [-0.1, -0.05) is 37.6 Å². The fraction of sp³-hybridized carbons (Fsp3) is 0.263. The summed E-state index contributed by atoms with van der Waals surface area (Å²) in [6.07, 6.45) is 2.88. The summed E-state index contributed by atoms with van der Waals surface area (Å²) in [5.41, 5.74) is 1.69. The van der Waals surface area contributed by atoms with Crippen LogP contribution in [0.3, 0.4) is 0 Å². The Hall–Kier alpha value is -2.62. The predicted molar refractivity (Wildman–Crippen MR) is 88.1 cm³/mol. The molecule has 2 N–H and O–H groups in total.